The first-order valence-corrected chi connectivity index (χ1v) is 7.90. The van der Waals surface area contributed by atoms with Crippen LogP contribution in [0.3, 0.4) is 0 Å². The van der Waals surface area contributed by atoms with E-state index in [9.17, 15) is 13.2 Å². The Morgan fingerprint density at radius 1 is 1.43 bits per heavy atom. The predicted octanol–water partition coefficient (Wildman–Crippen LogP) is 1.12. The number of carboxylic acids is 1. The van der Waals surface area contributed by atoms with Gasteiger partial charge in [0.05, 0.1) is 17.1 Å². The van der Waals surface area contributed by atoms with E-state index in [-0.39, 0.29) is 30.2 Å². The van der Waals surface area contributed by atoms with Gasteiger partial charge in [-0.15, -0.1) is 6.58 Å². The van der Waals surface area contributed by atoms with E-state index in [2.05, 4.69) is 6.58 Å². The molecule has 7 heteroatoms. The van der Waals surface area contributed by atoms with Gasteiger partial charge in [0, 0.05) is 13.1 Å². The fourth-order valence-corrected chi connectivity index (χ4v) is 3.65. The highest BCUT2D eigenvalue weighted by Crippen LogP contribution is 2.22. The summed E-state index contributed by atoms with van der Waals surface area (Å²) in [5, 5.41) is 18.0. The van der Waals surface area contributed by atoms with E-state index in [4.69, 9.17) is 10.2 Å². The van der Waals surface area contributed by atoms with Crippen molar-refractivity contribution in [2.75, 3.05) is 19.7 Å². The van der Waals surface area contributed by atoms with Crippen LogP contribution >= 0.6 is 0 Å². The molecule has 0 unspecified atom stereocenters. The second-order valence-electron chi connectivity index (χ2n) is 4.36. The molecule has 0 heterocycles. The van der Waals surface area contributed by atoms with Crippen LogP contribution in [0.2, 0.25) is 0 Å². The Balaban J connectivity index is 3.42. The maximum absolute atomic E-state index is 12.6. The van der Waals surface area contributed by atoms with Gasteiger partial charge < -0.3 is 10.2 Å². The number of aliphatic hydroxyl groups is 1. The largest absolute Gasteiger partial charge is 0.478 e. The first-order valence-electron chi connectivity index (χ1n) is 6.46. The summed E-state index contributed by atoms with van der Waals surface area (Å²) >= 11 is 0. The standard InChI is InChI=1S/C14H19NO5S/c1-3-7-15(8-9-16)21(19,20)13-10-12(14(17)18)6-5-11(13)4-2/h3,5-6,10,16H,1,4,7-9H2,2H3,(H,17,18). The molecule has 0 amide bonds. The molecule has 0 atom stereocenters. The number of aromatic carboxylic acids is 1. The summed E-state index contributed by atoms with van der Waals surface area (Å²) in [7, 11) is -3.89. The molecule has 2 N–H and O–H groups in total. The lowest BCUT2D eigenvalue weighted by Gasteiger charge is -2.21. The van der Waals surface area contributed by atoms with Gasteiger partial charge in [-0.3, -0.25) is 0 Å². The molecule has 0 aliphatic carbocycles. The van der Waals surface area contributed by atoms with Crippen molar-refractivity contribution in [3.8, 4) is 0 Å². The molecule has 1 rings (SSSR count). The average Bonchev–Trinajstić information content (AvgIpc) is 2.46. The Morgan fingerprint density at radius 2 is 2.10 bits per heavy atom. The third kappa shape index (κ3) is 3.90. The predicted molar refractivity (Wildman–Crippen MR) is 78.8 cm³/mol. The smallest absolute Gasteiger partial charge is 0.335 e. The highest BCUT2D eigenvalue weighted by atomic mass is 32.2. The summed E-state index contributed by atoms with van der Waals surface area (Å²) in [6, 6.07) is 4.04. The molecule has 0 saturated carbocycles. The van der Waals surface area contributed by atoms with E-state index in [0.717, 1.165) is 10.4 Å². The monoisotopic (exact) mass is 313 g/mol. The SMILES string of the molecule is C=CCN(CCO)S(=O)(=O)c1cc(C(=O)O)ccc1CC. The van der Waals surface area contributed by atoms with E-state index in [1.807, 2.05) is 0 Å². The summed E-state index contributed by atoms with van der Waals surface area (Å²) in [4.78, 5) is 11.0. The molecule has 21 heavy (non-hydrogen) atoms. The van der Waals surface area contributed by atoms with Gasteiger partial charge in [-0.1, -0.05) is 19.1 Å². The number of carboxylic acid groups (broad SMARTS) is 1. The van der Waals surface area contributed by atoms with E-state index >= 15 is 0 Å². The number of nitrogens with zero attached hydrogens (tertiary/aromatic N) is 1. The van der Waals surface area contributed by atoms with Crippen LogP contribution in [-0.4, -0.2) is 48.6 Å². The van der Waals surface area contributed by atoms with Crippen LogP contribution in [-0.2, 0) is 16.4 Å². The number of aryl methyl sites for hydroxylation is 1. The molecule has 0 radical (unpaired) electrons. The summed E-state index contributed by atoms with van der Waals surface area (Å²) in [5.74, 6) is -1.19. The number of hydrogen-bond acceptors (Lipinski definition) is 4. The van der Waals surface area contributed by atoms with Crippen molar-refractivity contribution in [3.63, 3.8) is 0 Å². The molecule has 0 spiro atoms. The van der Waals surface area contributed by atoms with Gasteiger partial charge >= 0.3 is 5.97 Å². The summed E-state index contributed by atoms with van der Waals surface area (Å²) < 4.78 is 26.4. The van der Waals surface area contributed by atoms with Gasteiger partial charge in [0.25, 0.3) is 0 Å². The quantitative estimate of drug-likeness (QED) is 0.701. The van der Waals surface area contributed by atoms with E-state index in [1.54, 1.807) is 6.92 Å². The van der Waals surface area contributed by atoms with Crippen molar-refractivity contribution < 1.29 is 23.4 Å². The Morgan fingerprint density at radius 3 is 2.57 bits per heavy atom. The topological polar surface area (TPSA) is 94.9 Å². The Hall–Kier alpha value is -1.70. The number of sulfonamides is 1. The van der Waals surface area contributed by atoms with Crippen LogP contribution in [0.25, 0.3) is 0 Å². The molecule has 0 fully saturated rings. The molecule has 1 aromatic carbocycles. The van der Waals surface area contributed by atoms with Crippen LogP contribution in [0.1, 0.15) is 22.8 Å². The minimum Gasteiger partial charge on any atom is -0.478 e. The Kier molecular flexibility index (Phi) is 6.07. The van der Waals surface area contributed by atoms with Crippen LogP contribution in [0.5, 0.6) is 0 Å². The van der Waals surface area contributed by atoms with Gasteiger partial charge in [0.15, 0.2) is 0 Å². The molecule has 1 aromatic rings. The highest BCUT2D eigenvalue weighted by Gasteiger charge is 2.26. The summed E-state index contributed by atoms with van der Waals surface area (Å²) in [6.07, 6.45) is 1.87. The molecular weight excluding hydrogens is 294 g/mol. The fourth-order valence-electron chi connectivity index (χ4n) is 1.92. The van der Waals surface area contributed by atoms with Gasteiger partial charge in [-0.2, -0.15) is 4.31 Å². The van der Waals surface area contributed by atoms with Crippen LogP contribution in [0, 0.1) is 0 Å². The minimum absolute atomic E-state index is 0.0415. The van der Waals surface area contributed by atoms with E-state index in [1.165, 1.54) is 18.2 Å². The van der Waals surface area contributed by atoms with Crippen LogP contribution < -0.4 is 0 Å². The molecule has 0 saturated heterocycles. The molecular formula is C14H19NO5S. The maximum Gasteiger partial charge on any atom is 0.335 e. The Labute approximate surface area is 124 Å². The second kappa shape index (κ2) is 7.35. The van der Waals surface area contributed by atoms with Gasteiger partial charge in [-0.05, 0) is 24.1 Å². The summed E-state index contributed by atoms with van der Waals surface area (Å²) in [6.45, 7) is 4.93. The Bertz CT molecular complexity index is 624. The summed E-state index contributed by atoms with van der Waals surface area (Å²) in [5.41, 5.74) is 0.445. The number of hydrogen-bond donors (Lipinski definition) is 2. The van der Waals surface area contributed by atoms with Crippen LogP contribution in [0.15, 0.2) is 35.7 Å². The van der Waals surface area contributed by atoms with E-state index < -0.39 is 16.0 Å². The lowest BCUT2D eigenvalue weighted by molar-refractivity contribution is 0.0696. The third-order valence-electron chi connectivity index (χ3n) is 2.99. The van der Waals surface area contributed by atoms with Crippen molar-refractivity contribution in [2.24, 2.45) is 0 Å². The maximum atomic E-state index is 12.6. The number of carbonyl (C=O) groups is 1. The van der Waals surface area contributed by atoms with Crippen molar-refractivity contribution in [2.45, 2.75) is 18.2 Å². The first kappa shape index (κ1) is 17.4. The second-order valence-corrected chi connectivity index (χ2v) is 6.26. The number of benzene rings is 1. The zero-order chi connectivity index (χ0) is 16.0. The van der Waals surface area contributed by atoms with Crippen molar-refractivity contribution in [3.05, 3.63) is 42.0 Å². The van der Waals surface area contributed by atoms with Gasteiger partial charge in [0.1, 0.15) is 0 Å². The van der Waals surface area contributed by atoms with Crippen LogP contribution in [0.4, 0.5) is 0 Å². The lowest BCUT2D eigenvalue weighted by atomic mass is 10.1. The molecule has 6 nitrogen and oxygen atoms in total. The molecule has 0 aromatic heterocycles. The first-order chi connectivity index (χ1) is 9.88. The zero-order valence-electron chi connectivity index (χ0n) is 11.8. The average molecular weight is 313 g/mol. The van der Waals surface area contributed by atoms with Gasteiger partial charge in [-0.25, -0.2) is 13.2 Å². The molecule has 0 aliphatic heterocycles. The fraction of sp³-hybridized carbons (Fsp3) is 0.357. The van der Waals surface area contributed by atoms with Crippen molar-refractivity contribution >= 4 is 16.0 Å². The minimum atomic E-state index is -3.89. The molecule has 0 aliphatic rings. The highest BCUT2D eigenvalue weighted by molar-refractivity contribution is 7.89. The lowest BCUT2D eigenvalue weighted by Crippen LogP contribution is -2.34. The normalized spacial score (nSPS) is 11.6. The third-order valence-corrected chi connectivity index (χ3v) is 4.94. The van der Waals surface area contributed by atoms with Crippen molar-refractivity contribution in [1.82, 2.24) is 4.31 Å². The van der Waals surface area contributed by atoms with Gasteiger partial charge in [0.2, 0.25) is 10.0 Å². The molecule has 116 valence electrons. The number of rotatable bonds is 8. The van der Waals surface area contributed by atoms with E-state index in [0.29, 0.717) is 12.0 Å². The van der Waals surface area contributed by atoms with Crippen molar-refractivity contribution in [1.29, 1.82) is 0 Å². The number of aliphatic hydroxyl groups excluding tert-OH is 1. The molecule has 0 bridgehead atoms. The zero-order valence-corrected chi connectivity index (χ0v) is 12.6.